The second-order valence-corrected chi connectivity index (χ2v) is 6.11. The molecular formula is C11H19N3OS. The predicted molar refractivity (Wildman–Crippen MR) is 65.4 cm³/mol. The first-order valence-electron chi connectivity index (χ1n) is 5.62. The Balaban J connectivity index is 1.97. The molecule has 2 rings (SSSR count). The van der Waals surface area contributed by atoms with Crippen LogP contribution in [0.3, 0.4) is 0 Å². The van der Waals surface area contributed by atoms with Crippen LogP contribution >= 0.6 is 11.8 Å². The Labute approximate surface area is 100 Å². The van der Waals surface area contributed by atoms with Crippen molar-refractivity contribution in [3.63, 3.8) is 0 Å². The molecule has 5 heteroatoms. The van der Waals surface area contributed by atoms with Gasteiger partial charge < -0.3 is 10.3 Å². The van der Waals surface area contributed by atoms with E-state index in [2.05, 4.69) is 30.2 Å². The molecule has 2 unspecified atom stereocenters. The smallest absolute Gasteiger partial charge is 0.243 e. The standard InChI is InChI=1S/C11H19N3OS/c1-11(2)6-7(11)9-13-10(15-14-9)8(12)4-5-16-3/h7-8H,4-6,12H2,1-3H3. The van der Waals surface area contributed by atoms with Gasteiger partial charge in [0.2, 0.25) is 5.89 Å². The molecule has 0 radical (unpaired) electrons. The summed E-state index contributed by atoms with van der Waals surface area (Å²) in [5.41, 5.74) is 6.31. The highest BCUT2D eigenvalue weighted by Crippen LogP contribution is 2.57. The molecule has 2 atom stereocenters. The van der Waals surface area contributed by atoms with E-state index < -0.39 is 0 Å². The van der Waals surface area contributed by atoms with Crippen molar-refractivity contribution >= 4 is 11.8 Å². The second kappa shape index (κ2) is 4.37. The molecule has 1 aromatic heterocycles. The van der Waals surface area contributed by atoms with Gasteiger partial charge in [-0.25, -0.2) is 0 Å². The third kappa shape index (κ3) is 2.40. The lowest BCUT2D eigenvalue weighted by atomic mass is 10.1. The molecule has 1 heterocycles. The first-order chi connectivity index (χ1) is 7.54. The van der Waals surface area contributed by atoms with E-state index in [0.29, 0.717) is 17.2 Å². The van der Waals surface area contributed by atoms with Crippen LogP contribution in [0.2, 0.25) is 0 Å². The van der Waals surface area contributed by atoms with Gasteiger partial charge in [-0.3, -0.25) is 0 Å². The Morgan fingerprint density at radius 2 is 2.31 bits per heavy atom. The zero-order valence-electron chi connectivity index (χ0n) is 10.1. The van der Waals surface area contributed by atoms with Gasteiger partial charge in [0.05, 0.1) is 6.04 Å². The first kappa shape index (κ1) is 11.9. The Bertz CT molecular complexity index is 364. The quantitative estimate of drug-likeness (QED) is 0.857. The molecule has 1 fully saturated rings. The van der Waals surface area contributed by atoms with Crippen molar-refractivity contribution in [1.29, 1.82) is 0 Å². The number of nitrogens with two attached hydrogens (primary N) is 1. The Kier molecular flexibility index (Phi) is 3.26. The van der Waals surface area contributed by atoms with Gasteiger partial charge in [-0.1, -0.05) is 19.0 Å². The lowest BCUT2D eigenvalue weighted by Gasteiger charge is -2.03. The molecule has 1 aliphatic rings. The number of thioether (sulfide) groups is 1. The molecule has 1 aromatic rings. The molecule has 2 N–H and O–H groups in total. The Hall–Kier alpha value is -0.550. The van der Waals surface area contributed by atoms with Crippen molar-refractivity contribution in [2.24, 2.45) is 11.1 Å². The van der Waals surface area contributed by atoms with E-state index in [1.807, 2.05) is 0 Å². The fourth-order valence-electron chi connectivity index (χ4n) is 1.82. The highest BCUT2D eigenvalue weighted by Gasteiger charge is 2.49. The van der Waals surface area contributed by atoms with Crippen molar-refractivity contribution in [2.75, 3.05) is 12.0 Å². The van der Waals surface area contributed by atoms with E-state index in [-0.39, 0.29) is 6.04 Å². The average Bonchev–Trinajstić information content (AvgIpc) is 2.67. The van der Waals surface area contributed by atoms with Gasteiger partial charge in [-0.05, 0) is 30.3 Å². The van der Waals surface area contributed by atoms with Gasteiger partial charge in [-0.2, -0.15) is 16.7 Å². The van der Waals surface area contributed by atoms with Gasteiger partial charge >= 0.3 is 0 Å². The summed E-state index contributed by atoms with van der Waals surface area (Å²) in [7, 11) is 0. The number of hydrogen-bond donors (Lipinski definition) is 1. The minimum absolute atomic E-state index is 0.115. The summed E-state index contributed by atoms with van der Waals surface area (Å²) in [4.78, 5) is 4.41. The predicted octanol–water partition coefficient (Wildman–Crippen LogP) is 2.34. The van der Waals surface area contributed by atoms with Gasteiger partial charge in [0.1, 0.15) is 0 Å². The third-order valence-corrected chi connectivity index (χ3v) is 3.88. The van der Waals surface area contributed by atoms with Crippen LogP contribution in [0.25, 0.3) is 0 Å². The fourth-order valence-corrected chi connectivity index (χ4v) is 2.31. The van der Waals surface area contributed by atoms with E-state index in [4.69, 9.17) is 10.3 Å². The average molecular weight is 241 g/mol. The van der Waals surface area contributed by atoms with Crippen LogP contribution in [0.15, 0.2) is 4.52 Å². The summed E-state index contributed by atoms with van der Waals surface area (Å²) >= 11 is 1.78. The maximum atomic E-state index is 5.97. The summed E-state index contributed by atoms with van der Waals surface area (Å²) in [6, 6.07) is -0.115. The molecule has 1 saturated carbocycles. The topological polar surface area (TPSA) is 64.9 Å². The van der Waals surface area contributed by atoms with Crippen LogP contribution in [0, 0.1) is 5.41 Å². The summed E-state index contributed by atoms with van der Waals surface area (Å²) in [5.74, 6) is 2.90. The van der Waals surface area contributed by atoms with Crippen molar-refractivity contribution in [3.05, 3.63) is 11.7 Å². The number of nitrogens with zero attached hydrogens (tertiary/aromatic N) is 2. The van der Waals surface area contributed by atoms with E-state index in [1.54, 1.807) is 11.8 Å². The lowest BCUT2D eigenvalue weighted by molar-refractivity contribution is 0.348. The molecule has 0 saturated heterocycles. The molecule has 90 valence electrons. The van der Waals surface area contributed by atoms with Crippen LogP contribution in [0.5, 0.6) is 0 Å². The van der Waals surface area contributed by atoms with Crippen LogP contribution in [-0.2, 0) is 0 Å². The van der Waals surface area contributed by atoms with Gasteiger partial charge in [0.15, 0.2) is 5.82 Å². The molecule has 0 amide bonds. The van der Waals surface area contributed by atoms with Crippen LogP contribution in [-0.4, -0.2) is 22.1 Å². The number of rotatable bonds is 5. The lowest BCUT2D eigenvalue weighted by Crippen LogP contribution is -2.11. The summed E-state index contributed by atoms with van der Waals surface area (Å²) in [6.45, 7) is 4.45. The first-order valence-corrected chi connectivity index (χ1v) is 7.02. The highest BCUT2D eigenvalue weighted by molar-refractivity contribution is 7.98. The van der Waals surface area contributed by atoms with E-state index in [0.717, 1.165) is 24.4 Å². The van der Waals surface area contributed by atoms with Crippen LogP contribution in [0.4, 0.5) is 0 Å². The maximum absolute atomic E-state index is 5.97. The fraction of sp³-hybridized carbons (Fsp3) is 0.818. The van der Waals surface area contributed by atoms with E-state index >= 15 is 0 Å². The maximum Gasteiger partial charge on any atom is 0.243 e. The minimum Gasteiger partial charge on any atom is -0.338 e. The second-order valence-electron chi connectivity index (χ2n) is 5.12. The molecule has 16 heavy (non-hydrogen) atoms. The summed E-state index contributed by atoms with van der Waals surface area (Å²) < 4.78 is 5.22. The van der Waals surface area contributed by atoms with Gasteiger partial charge in [0.25, 0.3) is 0 Å². The van der Waals surface area contributed by atoms with Gasteiger partial charge in [0, 0.05) is 5.92 Å². The minimum atomic E-state index is -0.115. The van der Waals surface area contributed by atoms with Crippen molar-refractivity contribution in [3.8, 4) is 0 Å². The van der Waals surface area contributed by atoms with Gasteiger partial charge in [-0.15, -0.1) is 0 Å². The molecule has 0 spiro atoms. The molecule has 0 aromatic carbocycles. The normalized spacial score (nSPS) is 24.4. The van der Waals surface area contributed by atoms with Crippen molar-refractivity contribution < 1.29 is 4.52 Å². The van der Waals surface area contributed by atoms with Crippen LogP contribution < -0.4 is 5.73 Å². The summed E-state index contributed by atoms with van der Waals surface area (Å²) in [6.07, 6.45) is 4.10. The SMILES string of the molecule is CSCCC(N)c1nc(C2CC2(C)C)no1. The molecule has 0 bridgehead atoms. The van der Waals surface area contributed by atoms with E-state index in [1.165, 1.54) is 0 Å². The van der Waals surface area contributed by atoms with E-state index in [9.17, 15) is 0 Å². The summed E-state index contributed by atoms with van der Waals surface area (Å²) in [5, 5.41) is 4.03. The zero-order chi connectivity index (χ0) is 11.8. The van der Waals surface area contributed by atoms with Crippen molar-refractivity contribution in [1.82, 2.24) is 10.1 Å². The monoisotopic (exact) mass is 241 g/mol. The molecule has 0 aliphatic heterocycles. The largest absolute Gasteiger partial charge is 0.338 e. The molecule has 1 aliphatic carbocycles. The number of aromatic nitrogens is 2. The highest BCUT2D eigenvalue weighted by atomic mass is 32.2. The molecule has 4 nitrogen and oxygen atoms in total. The zero-order valence-corrected chi connectivity index (χ0v) is 10.9. The Morgan fingerprint density at radius 1 is 1.62 bits per heavy atom. The number of hydrogen-bond acceptors (Lipinski definition) is 5. The van der Waals surface area contributed by atoms with Crippen LogP contribution in [0.1, 0.15) is 50.4 Å². The Morgan fingerprint density at radius 3 is 2.88 bits per heavy atom. The molecular weight excluding hydrogens is 222 g/mol. The van der Waals surface area contributed by atoms with Crippen molar-refractivity contribution in [2.45, 2.75) is 38.6 Å². The third-order valence-electron chi connectivity index (χ3n) is 3.23.